The van der Waals surface area contributed by atoms with Gasteiger partial charge >= 0.3 is 0 Å². The van der Waals surface area contributed by atoms with E-state index in [1.165, 1.54) is 11.3 Å². The highest BCUT2D eigenvalue weighted by Gasteiger charge is 2.28. The lowest BCUT2D eigenvalue weighted by Crippen LogP contribution is -2.40. The molecule has 1 atom stereocenters. The van der Waals surface area contributed by atoms with Crippen molar-refractivity contribution >= 4 is 17.2 Å². The van der Waals surface area contributed by atoms with E-state index in [1.807, 2.05) is 29.6 Å². The first-order chi connectivity index (χ1) is 11.2. The van der Waals surface area contributed by atoms with Gasteiger partial charge in [-0.25, -0.2) is 9.97 Å². The number of aryl methyl sites for hydroxylation is 1. The van der Waals surface area contributed by atoms with E-state index in [-0.39, 0.29) is 11.8 Å². The number of ether oxygens (including phenoxy) is 1. The van der Waals surface area contributed by atoms with Gasteiger partial charge in [-0.3, -0.25) is 4.79 Å². The first-order valence-corrected chi connectivity index (χ1v) is 8.78. The van der Waals surface area contributed by atoms with E-state index in [1.54, 1.807) is 7.11 Å². The molecule has 2 aromatic rings. The van der Waals surface area contributed by atoms with Crippen molar-refractivity contribution in [1.82, 2.24) is 19.4 Å². The Morgan fingerprint density at radius 1 is 1.52 bits per heavy atom. The van der Waals surface area contributed by atoms with E-state index in [2.05, 4.69) is 14.5 Å². The number of imidazole rings is 1. The average molecular weight is 334 g/mol. The minimum atomic E-state index is 0.0362. The number of aromatic nitrogens is 3. The van der Waals surface area contributed by atoms with Gasteiger partial charge in [0.05, 0.1) is 11.6 Å². The number of hydrogen-bond donors (Lipinski definition) is 0. The third-order valence-electron chi connectivity index (χ3n) is 4.20. The average Bonchev–Trinajstić information content (AvgIpc) is 3.21. The lowest BCUT2D eigenvalue weighted by molar-refractivity contribution is 0.0697. The highest BCUT2D eigenvalue weighted by atomic mass is 32.1. The van der Waals surface area contributed by atoms with E-state index in [0.717, 1.165) is 36.8 Å². The van der Waals surface area contributed by atoms with Gasteiger partial charge in [0.15, 0.2) is 0 Å². The highest BCUT2D eigenvalue weighted by Crippen LogP contribution is 2.27. The lowest BCUT2D eigenvalue weighted by atomic mass is 9.97. The Morgan fingerprint density at radius 3 is 3.13 bits per heavy atom. The van der Waals surface area contributed by atoms with Crippen LogP contribution in [0.1, 0.15) is 40.1 Å². The number of rotatable bonds is 5. The maximum atomic E-state index is 12.6. The number of hydrogen-bond acceptors (Lipinski definition) is 5. The van der Waals surface area contributed by atoms with Crippen molar-refractivity contribution < 1.29 is 9.53 Å². The molecule has 0 bridgehead atoms. The molecule has 0 radical (unpaired) electrons. The molecule has 2 aromatic heterocycles. The second-order valence-corrected chi connectivity index (χ2v) is 6.88. The quantitative estimate of drug-likeness (QED) is 0.842. The molecule has 0 N–H and O–H groups in total. The molecule has 3 heterocycles. The Kier molecular flexibility index (Phi) is 5.07. The van der Waals surface area contributed by atoms with Crippen molar-refractivity contribution in [1.29, 1.82) is 0 Å². The molecule has 0 spiro atoms. The van der Waals surface area contributed by atoms with Gasteiger partial charge in [-0.1, -0.05) is 0 Å². The molecule has 3 rings (SSSR count). The van der Waals surface area contributed by atoms with E-state index in [4.69, 9.17) is 4.74 Å². The van der Waals surface area contributed by atoms with Gasteiger partial charge in [-0.05, 0) is 19.8 Å². The molecule has 7 heteroatoms. The maximum absolute atomic E-state index is 12.6. The summed E-state index contributed by atoms with van der Waals surface area (Å²) in [4.78, 5) is 23.4. The summed E-state index contributed by atoms with van der Waals surface area (Å²) in [5.41, 5.74) is 0.566. The van der Waals surface area contributed by atoms with Crippen LogP contribution in [-0.2, 0) is 11.3 Å². The number of carbonyl (C=O) groups is 1. The van der Waals surface area contributed by atoms with Gasteiger partial charge < -0.3 is 14.2 Å². The summed E-state index contributed by atoms with van der Waals surface area (Å²) in [6.45, 7) is 4.88. The second-order valence-electron chi connectivity index (χ2n) is 5.81. The predicted octanol–water partition coefficient (Wildman–Crippen LogP) is 2.31. The molecule has 1 fully saturated rings. The number of nitrogens with zero attached hydrogens (tertiary/aromatic N) is 4. The summed E-state index contributed by atoms with van der Waals surface area (Å²) in [5.74, 6) is 1.36. The molecule has 1 aliphatic rings. The molecule has 23 heavy (non-hydrogen) atoms. The monoisotopic (exact) mass is 334 g/mol. The van der Waals surface area contributed by atoms with E-state index >= 15 is 0 Å². The number of carbonyl (C=O) groups excluding carboxylic acids is 1. The smallest absolute Gasteiger partial charge is 0.273 e. The molecule has 1 aliphatic heterocycles. The van der Waals surface area contributed by atoms with Crippen LogP contribution in [0.4, 0.5) is 0 Å². The van der Waals surface area contributed by atoms with Crippen LogP contribution >= 0.6 is 11.3 Å². The van der Waals surface area contributed by atoms with E-state index < -0.39 is 0 Å². The Bertz CT molecular complexity index is 667. The normalized spacial score (nSPS) is 18.3. The Labute approximate surface area is 140 Å². The topological polar surface area (TPSA) is 60.2 Å². The SMILES string of the molecule is COCCn1ccnc1C1CCCN(C(=O)c2csc(C)n2)C1. The minimum Gasteiger partial charge on any atom is -0.383 e. The summed E-state index contributed by atoms with van der Waals surface area (Å²) in [5, 5.41) is 2.78. The summed E-state index contributed by atoms with van der Waals surface area (Å²) in [7, 11) is 1.70. The van der Waals surface area contributed by atoms with Gasteiger partial charge in [0.25, 0.3) is 5.91 Å². The molecule has 124 valence electrons. The van der Waals surface area contributed by atoms with Crippen molar-refractivity contribution in [2.24, 2.45) is 0 Å². The summed E-state index contributed by atoms with van der Waals surface area (Å²) >= 11 is 1.52. The van der Waals surface area contributed by atoms with Crippen LogP contribution in [0, 0.1) is 6.92 Å². The highest BCUT2D eigenvalue weighted by molar-refractivity contribution is 7.09. The van der Waals surface area contributed by atoms with Crippen LogP contribution in [0.3, 0.4) is 0 Å². The van der Waals surface area contributed by atoms with Crippen molar-refractivity contribution in [3.05, 3.63) is 34.3 Å². The predicted molar refractivity (Wildman–Crippen MR) is 88.8 cm³/mol. The first kappa shape index (κ1) is 16.1. The largest absolute Gasteiger partial charge is 0.383 e. The second kappa shape index (κ2) is 7.23. The van der Waals surface area contributed by atoms with Gasteiger partial charge in [-0.15, -0.1) is 11.3 Å². The first-order valence-electron chi connectivity index (χ1n) is 7.90. The molecule has 1 amide bonds. The molecule has 0 aliphatic carbocycles. The molecular formula is C16H22N4O2S. The van der Waals surface area contributed by atoms with Gasteiger partial charge in [-0.2, -0.15) is 0 Å². The van der Waals surface area contributed by atoms with Crippen LogP contribution in [-0.4, -0.2) is 52.1 Å². The third-order valence-corrected chi connectivity index (χ3v) is 4.97. The van der Waals surface area contributed by atoms with Crippen LogP contribution in [0.5, 0.6) is 0 Å². The van der Waals surface area contributed by atoms with Gasteiger partial charge in [0.2, 0.25) is 0 Å². The van der Waals surface area contributed by atoms with Crippen LogP contribution < -0.4 is 0 Å². The van der Waals surface area contributed by atoms with Crippen LogP contribution in [0.25, 0.3) is 0 Å². The fourth-order valence-electron chi connectivity index (χ4n) is 3.06. The Balaban J connectivity index is 1.71. The number of methoxy groups -OCH3 is 1. The van der Waals surface area contributed by atoms with Crippen LogP contribution in [0.15, 0.2) is 17.8 Å². The third kappa shape index (κ3) is 3.61. The fourth-order valence-corrected chi connectivity index (χ4v) is 3.64. The zero-order valence-corrected chi connectivity index (χ0v) is 14.4. The molecule has 6 nitrogen and oxygen atoms in total. The maximum Gasteiger partial charge on any atom is 0.273 e. The molecule has 1 unspecified atom stereocenters. The van der Waals surface area contributed by atoms with Crippen molar-refractivity contribution in [3.63, 3.8) is 0 Å². The molecule has 0 saturated carbocycles. The lowest BCUT2D eigenvalue weighted by Gasteiger charge is -2.32. The zero-order valence-electron chi connectivity index (χ0n) is 13.6. The number of piperidine rings is 1. The van der Waals surface area contributed by atoms with Crippen LogP contribution in [0.2, 0.25) is 0 Å². The Hall–Kier alpha value is -1.73. The summed E-state index contributed by atoms with van der Waals surface area (Å²) in [6.07, 6.45) is 5.87. The van der Waals surface area contributed by atoms with E-state index in [9.17, 15) is 4.79 Å². The number of amides is 1. The van der Waals surface area contributed by atoms with Gasteiger partial charge in [0, 0.05) is 50.4 Å². The molecule has 0 aromatic carbocycles. The van der Waals surface area contributed by atoms with Gasteiger partial charge in [0.1, 0.15) is 11.5 Å². The summed E-state index contributed by atoms with van der Waals surface area (Å²) in [6, 6.07) is 0. The number of thiazole rings is 1. The minimum absolute atomic E-state index is 0.0362. The van der Waals surface area contributed by atoms with E-state index in [0.29, 0.717) is 18.8 Å². The van der Waals surface area contributed by atoms with Crippen molar-refractivity contribution in [3.8, 4) is 0 Å². The van der Waals surface area contributed by atoms with Crippen molar-refractivity contribution in [2.75, 3.05) is 26.8 Å². The molecular weight excluding hydrogens is 312 g/mol. The van der Waals surface area contributed by atoms with Crippen molar-refractivity contribution in [2.45, 2.75) is 32.2 Å². The standard InChI is InChI=1S/C16H22N4O2S/c1-12-18-14(11-23-12)16(21)20-6-3-4-13(10-20)15-17-5-7-19(15)8-9-22-2/h5,7,11,13H,3-4,6,8-10H2,1-2H3. The summed E-state index contributed by atoms with van der Waals surface area (Å²) < 4.78 is 7.29. The molecule has 1 saturated heterocycles. The Morgan fingerprint density at radius 2 is 2.39 bits per heavy atom. The fraction of sp³-hybridized carbons (Fsp3) is 0.562. The zero-order chi connectivity index (χ0) is 16.2. The number of likely N-dealkylation sites (tertiary alicyclic amines) is 1.